The maximum Gasteiger partial charge on any atom is 0.262 e. The molecule has 0 spiro atoms. The molecular formula is C18H26N4O4S2. The van der Waals surface area contributed by atoms with E-state index >= 15 is 0 Å². The number of aromatic nitrogens is 2. The normalized spacial score (nSPS) is 16.0. The van der Waals surface area contributed by atoms with Crippen LogP contribution in [0.3, 0.4) is 0 Å². The molecule has 2 heterocycles. The van der Waals surface area contributed by atoms with E-state index in [2.05, 4.69) is 9.82 Å². The number of sulfonamides is 2. The largest absolute Gasteiger partial charge is 0.276 e. The second-order valence-electron chi connectivity index (χ2n) is 7.27. The topological polar surface area (TPSA) is 101 Å². The fourth-order valence-corrected chi connectivity index (χ4v) is 6.07. The first-order valence-electron chi connectivity index (χ1n) is 9.23. The average molecular weight is 427 g/mol. The Labute approximate surface area is 166 Å². The third-order valence-corrected chi connectivity index (χ3v) is 8.17. The first kappa shape index (κ1) is 20.8. The maximum atomic E-state index is 12.8. The molecule has 0 saturated carbocycles. The van der Waals surface area contributed by atoms with Crippen molar-refractivity contribution in [2.45, 2.75) is 56.4 Å². The summed E-state index contributed by atoms with van der Waals surface area (Å²) in [5.74, 6) is 0. The molecule has 1 aliphatic rings. The Hall–Kier alpha value is -1.91. The summed E-state index contributed by atoms with van der Waals surface area (Å²) in [6.45, 7) is 8.50. The van der Waals surface area contributed by atoms with Gasteiger partial charge in [-0.3, -0.25) is 9.40 Å². The van der Waals surface area contributed by atoms with Gasteiger partial charge in [0.15, 0.2) is 0 Å². The smallest absolute Gasteiger partial charge is 0.262 e. The Bertz CT molecular complexity index is 1070. The van der Waals surface area contributed by atoms with E-state index in [-0.39, 0.29) is 15.8 Å². The molecule has 1 aromatic heterocycles. The Morgan fingerprint density at radius 2 is 1.50 bits per heavy atom. The number of rotatable bonds is 6. The summed E-state index contributed by atoms with van der Waals surface area (Å²) in [5.41, 5.74) is 1.76. The highest BCUT2D eigenvalue weighted by molar-refractivity contribution is 7.92. The van der Waals surface area contributed by atoms with Crippen molar-refractivity contribution in [3.63, 3.8) is 0 Å². The van der Waals surface area contributed by atoms with Crippen LogP contribution in [0.2, 0.25) is 0 Å². The van der Waals surface area contributed by atoms with Gasteiger partial charge >= 0.3 is 0 Å². The molecule has 8 nitrogen and oxygen atoms in total. The lowest BCUT2D eigenvalue weighted by molar-refractivity contribution is 0.477. The molecule has 0 amide bonds. The number of aryl methyl sites for hydroxylation is 1. The summed E-state index contributed by atoms with van der Waals surface area (Å²) >= 11 is 0. The second-order valence-corrected chi connectivity index (χ2v) is 10.9. The van der Waals surface area contributed by atoms with Gasteiger partial charge in [-0.05, 0) is 64.8 Å². The molecule has 1 aliphatic heterocycles. The van der Waals surface area contributed by atoms with Gasteiger partial charge in [-0.2, -0.15) is 9.40 Å². The molecule has 3 rings (SSSR count). The maximum absolute atomic E-state index is 12.8. The number of hydrogen-bond donors (Lipinski definition) is 1. The molecule has 28 heavy (non-hydrogen) atoms. The predicted molar refractivity (Wildman–Crippen MR) is 107 cm³/mol. The third-order valence-electron chi connectivity index (χ3n) is 4.89. The van der Waals surface area contributed by atoms with Crippen LogP contribution in [-0.2, 0) is 20.0 Å². The molecular weight excluding hydrogens is 400 g/mol. The van der Waals surface area contributed by atoms with Gasteiger partial charge < -0.3 is 0 Å². The van der Waals surface area contributed by atoms with Crippen LogP contribution >= 0.6 is 0 Å². The Kier molecular flexibility index (Phi) is 5.57. The van der Waals surface area contributed by atoms with Crippen LogP contribution in [0.25, 0.3) is 0 Å². The van der Waals surface area contributed by atoms with Crippen molar-refractivity contribution < 1.29 is 16.8 Å². The number of nitrogens with one attached hydrogen (secondary N) is 1. The van der Waals surface area contributed by atoms with E-state index in [0.29, 0.717) is 24.5 Å². The van der Waals surface area contributed by atoms with Crippen molar-refractivity contribution in [1.82, 2.24) is 14.1 Å². The van der Waals surface area contributed by atoms with Gasteiger partial charge in [0, 0.05) is 19.1 Å². The fourth-order valence-electron chi connectivity index (χ4n) is 3.38. The minimum absolute atomic E-state index is 0.00367. The van der Waals surface area contributed by atoms with E-state index in [1.807, 2.05) is 20.8 Å². The van der Waals surface area contributed by atoms with E-state index in [1.165, 1.54) is 28.6 Å². The van der Waals surface area contributed by atoms with Crippen LogP contribution in [-0.4, -0.2) is 44.0 Å². The summed E-state index contributed by atoms with van der Waals surface area (Å²) in [5, 5.41) is 4.38. The van der Waals surface area contributed by atoms with Gasteiger partial charge in [-0.15, -0.1) is 0 Å². The van der Waals surface area contributed by atoms with Gasteiger partial charge in [0.2, 0.25) is 10.0 Å². The first-order chi connectivity index (χ1) is 13.0. The minimum Gasteiger partial charge on any atom is -0.276 e. The van der Waals surface area contributed by atoms with Crippen molar-refractivity contribution >= 4 is 25.7 Å². The Morgan fingerprint density at radius 3 is 2.00 bits per heavy atom. The molecule has 0 radical (unpaired) electrons. The molecule has 1 aromatic carbocycles. The number of anilines is 1. The zero-order chi connectivity index (χ0) is 20.7. The lowest BCUT2D eigenvalue weighted by Gasteiger charge is -2.16. The number of nitrogens with zero attached hydrogens (tertiary/aromatic N) is 3. The van der Waals surface area contributed by atoms with Crippen molar-refractivity contribution in [1.29, 1.82) is 0 Å². The van der Waals surface area contributed by atoms with Crippen LogP contribution in [0.15, 0.2) is 34.1 Å². The van der Waals surface area contributed by atoms with Gasteiger partial charge in [0.05, 0.1) is 26.9 Å². The van der Waals surface area contributed by atoms with E-state index in [1.54, 1.807) is 11.6 Å². The van der Waals surface area contributed by atoms with E-state index in [4.69, 9.17) is 0 Å². The van der Waals surface area contributed by atoms with Crippen LogP contribution in [0.5, 0.6) is 0 Å². The predicted octanol–water partition coefficient (Wildman–Crippen LogP) is 2.67. The lowest BCUT2D eigenvalue weighted by atomic mass is 10.3. The third kappa shape index (κ3) is 3.81. The number of hydrogen-bond acceptors (Lipinski definition) is 5. The molecule has 10 heteroatoms. The summed E-state index contributed by atoms with van der Waals surface area (Å²) in [7, 11) is -7.44. The summed E-state index contributed by atoms with van der Waals surface area (Å²) in [4.78, 5) is 0.109. The van der Waals surface area contributed by atoms with Crippen LogP contribution < -0.4 is 4.72 Å². The Balaban J connectivity index is 1.87. The number of benzene rings is 1. The van der Waals surface area contributed by atoms with Gasteiger partial charge in [-0.25, -0.2) is 16.8 Å². The summed E-state index contributed by atoms with van der Waals surface area (Å²) in [6.07, 6.45) is 1.69. The van der Waals surface area contributed by atoms with Crippen molar-refractivity contribution in [2.75, 3.05) is 17.8 Å². The molecule has 0 bridgehead atoms. The van der Waals surface area contributed by atoms with E-state index in [0.717, 1.165) is 18.5 Å². The van der Waals surface area contributed by atoms with Crippen LogP contribution in [0.1, 0.15) is 44.1 Å². The zero-order valence-corrected chi connectivity index (χ0v) is 18.1. The molecule has 1 fully saturated rings. The molecule has 0 aliphatic carbocycles. The van der Waals surface area contributed by atoms with Crippen LogP contribution in [0, 0.1) is 13.8 Å². The molecule has 1 saturated heterocycles. The lowest BCUT2D eigenvalue weighted by Crippen LogP contribution is -2.27. The highest BCUT2D eigenvalue weighted by Crippen LogP contribution is 2.27. The summed E-state index contributed by atoms with van der Waals surface area (Å²) < 4.78 is 56.6. The summed E-state index contributed by atoms with van der Waals surface area (Å²) in [6, 6.07) is 5.44. The zero-order valence-electron chi connectivity index (χ0n) is 16.5. The van der Waals surface area contributed by atoms with Crippen molar-refractivity contribution in [2.24, 2.45) is 0 Å². The molecule has 0 unspecified atom stereocenters. The molecule has 1 N–H and O–H groups in total. The molecule has 154 valence electrons. The minimum atomic E-state index is -3.86. The highest BCUT2D eigenvalue weighted by Gasteiger charge is 2.28. The monoisotopic (exact) mass is 426 g/mol. The van der Waals surface area contributed by atoms with Gasteiger partial charge in [0.1, 0.15) is 0 Å². The fraction of sp³-hybridized carbons (Fsp3) is 0.500. The van der Waals surface area contributed by atoms with E-state index < -0.39 is 20.0 Å². The van der Waals surface area contributed by atoms with Crippen LogP contribution in [0.4, 0.5) is 5.69 Å². The quantitative estimate of drug-likeness (QED) is 0.765. The molecule has 2 aromatic rings. The van der Waals surface area contributed by atoms with Gasteiger partial charge in [0.25, 0.3) is 10.0 Å². The standard InChI is InChI=1S/C18H26N4O4S2/c1-13(2)22-15(4)18(14(3)19-22)20-27(23,24)16-7-9-17(10-8-16)28(25,26)21-11-5-6-12-21/h7-10,13,20H,5-6,11-12H2,1-4H3. The van der Waals surface area contributed by atoms with Gasteiger partial charge in [-0.1, -0.05) is 0 Å². The average Bonchev–Trinajstić information content (AvgIpc) is 3.26. The Morgan fingerprint density at radius 1 is 0.964 bits per heavy atom. The van der Waals surface area contributed by atoms with Crippen molar-refractivity contribution in [3.05, 3.63) is 35.7 Å². The molecule has 0 atom stereocenters. The van der Waals surface area contributed by atoms with Crippen molar-refractivity contribution in [3.8, 4) is 0 Å². The first-order valence-corrected chi connectivity index (χ1v) is 12.1. The van der Waals surface area contributed by atoms with E-state index in [9.17, 15) is 16.8 Å². The SMILES string of the molecule is Cc1nn(C(C)C)c(C)c1NS(=O)(=O)c1ccc(S(=O)(=O)N2CCCC2)cc1. The second kappa shape index (κ2) is 7.49. The highest BCUT2D eigenvalue weighted by atomic mass is 32.2.